The summed E-state index contributed by atoms with van der Waals surface area (Å²) in [7, 11) is 0. The van der Waals surface area contributed by atoms with Gasteiger partial charge in [0.1, 0.15) is 0 Å². The second-order valence-corrected chi connectivity index (χ2v) is 3.87. The summed E-state index contributed by atoms with van der Waals surface area (Å²) in [4.78, 5) is 17.6. The number of aromatic nitrogens is 2. The number of hydrogen-bond donors (Lipinski definition) is 2. The minimum absolute atomic E-state index is 0.165. The van der Waals surface area contributed by atoms with Crippen LogP contribution in [0.2, 0.25) is 0 Å². The highest BCUT2D eigenvalue weighted by Crippen LogP contribution is 2.11. The van der Waals surface area contributed by atoms with Gasteiger partial charge in [-0.1, -0.05) is 30.3 Å². The Morgan fingerprint density at radius 1 is 1.18 bits per heavy atom. The highest BCUT2D eigenvalue weighted by Gasteiger charge is 2.06. The number of nitrogens with zero attached hydrogens (tertiary/aromatic N) is 1. The van der Waals surface area contributed by atoms with Crippen molar-refractivity contribution in [1.82, 2.24) is 9.97 Å². The molecule has 1 aromatic carbocycles. The second kappa shape index (κ2) is 5.30. The average Bonchev–Trinajstić information content (AvgIpc) is 2.34. The third-order valence-electron chi connectivity index (χ3n) is 2.66. The third kappa shape index (κ3) is 2.93. The first-order valence-corrected chi connectivity index (χ1v) is 5.57. The van der Waals surface area contributed by atoms with Crippen LogP contribution >= 0.6 is 0 Å². The number of benzene rings is 1. The van der Waals surface area contributed by atoms with E-state index in [2.05, 4.69) is 9.97 Å². The number of aromatic hydroxyl groups is 1. The van der Waals surface area contributed by atoms with Crippen LogP contribution < -0.4 is 5.56 Å². The van der Waals surface area contributed by atoms with E-state index in [1.165, 1.54) is 11.9 Å². The quantitative estimate of drug-likeness (QED) is 0.839. The van der Waals surface area contributed by atoms with Crippen molar-refractivity contribution in [3.8, 4) is 5.88 Å². The average molecular weight is 230 g/mol. The Balaban J connectivity index is 1.97. The molecule has 0 aliphatic rings. The normalized spacial score (nSPS) is 10.4. The molecule has 0 radical (unpaired) electrons. The fourth-order valence-electron chi connectivity index (χ4n) is 1.76. The maximum atomic E-state index is 11.4. The monoisotopic (exact) mass is 230 g/mol. The van der Waals surface area contributed by atoms with Gasteiger partial charge in [0.15, 0.2) is 0 Å². The van der Waals surface area contributed by atoms with Gasteiger partial charge in [-0.15, -0.1) is 0 Å². The standard InChI is InChI=1S/C13H14N2O2/c16-12-11(13(17)15-9-14-12)8-4-7-10-5-2-1-3-6-10/h1-3,5-6,9H,4,7-8H2,(H2,14,15,16,17). The fraction of sp³-hybridized carbons (Fsp3) is 0.231. The zero-order valence-electron chi connectivity index (χ0n) is 9.39. The summed E-state index contributed by atoms with van der Waals surface area (Å²) in [5.74, 6) is -0.165. The Morgan fingerprint density at radius 2 is 1.94 bits per heavy atom. The summed E-state index contributed by atoms with van der Waals surface area (Å²) in [6.45, 7) is 0. The highest BCUT2D eigenvalue weighted by molar-refractivity contribution is 5.21. The molecule has 1 heterocycles. The van der Waals surface area contributed by atoms with Gasteiger partial charge in [-0.05, 0) is 24.8 Å². The van der Waals surface area contributed by atoms with Crippen LogP contribution in [0.15, 0.2) is 41.5 Å². The van der Waals surface area contributed by atoms with Crippen LogP contribution in [0, 0.1) is 0 Å². The first-order valence-electron chi connectivity index (χ1n) is 5.57. The van der Waals surface area contributed by atoms with Crippen LogP contribution in [0.3, 0.4) is 0 Å². The lowest BCUT2D eigenvalue weighted by molar-refractivity contribution is 0.441. The highest BCUT2D eigenvalue weighted by atomic mass is 16.3. The van der Waals surface area contributed by atoms with Crippen LogP contribution in [-0.4, -0.2) is 15.1 Å². The summed E-state index contributed by atoms with van der Waals surface area (Å²) in [6, 6.07) is 10.1. The van der Waals surface area contributed by atoms with E-state index in [1.807, 2.05) is 30.3 Å². The minimum Gasteiger partial charge on any atom is -0.493 e. The zero-order valence-corrected chi connectivity index (χ0v) is 9.39. The van der Waals surface area contributed by atoms with Crippen LogP contribution in [0.5, 0.6) is 5.88 Å². The Morgan fingerprint density at radius 3 is 2.65 bits per heavy atom. The molecule has 0 saturated heterocycles. The molecule has 2 aromatic rings. The van der Waals surface area contributed by atoms with Gasteiger partial charge in [0, 0.05) is 0 Å². The molecule has 0 atom stereocenters. The molecule has 0 bridgehead atoms. The molecule has 0 saturated carbocycles. The molecule has 0 unspecified atom stereocenters. The van der Waals surface area contributed by atoms with Gasteiger partial charge in [-0.2, -0.15) is 0 Å². The van der Waals surface area contributed by atoms with Gasteiger partial charge in [0.2, 0.25) is 5.88 Å². The largest absolute Gasteiger partial charge is 0.493 e. The van der Waals surface area contributed by atoms with E-state index in [0.717, 1.165) is 12.8 Å². The molecule has 2 N–H and O–H groups in total. The van der Waals surface area contributed by atoms with E-state index >= 15 is 0 Å². The number of hydrogen-bond acceptors (Lipinski definition) is 3. The van der Waals surface area contributed by atoms with Crippen molar-refractivity contribution < 1.29 is 5.11 Å². The molecule has 1 aromatic heterocycles. The number of rotatable bonds is 4. The maximum absolute atomic E-state index is 11.4. The molecule has 17 heavy (non-hydrogen) atoms. The van der Waals surface area contributed by atoms with Gasteiger partial charge in [-0.25, -0.2) is 4.98 Å². The lowest BCUT2D eigenvalue weighted by Crippen LogP contribution is -2.13. The van der Waals surface area contributed by atoms with E-state index in [9.17, 15) is 9.90 Å². The maximum Gasteiger partial charge on any atom is 0.257 e. The lowest BCUT2D eigenvalue weighted by Gasteiger charge is -2.02. The van der Waals surface area contributed by atoms with Crippen molar-refractivity contribution in [1.29, 1.82) is 0 Å². The predicted molar refractivity (Wildman–Crippen MR) is 65.0 cm³/mol. The molecule has 0 fully saturated rings. The van der Waals surface area contributed by atoms with E-state index < -0.39 is 0 Å². The van der Waals surface area contributed by atoms with Crippen molar-refractivity contribution in [2.24, 2.45) is 0 Å². The summed E-state index contributed by atoms with van der Waals surface area (Å²) >= 11 is 0. The van der Waals surface area contributed by atoms with E-state index in [4.69, 9.17) is 0 Å². The van der Waals surface area contributed by atoms with Gasteiger partial charge in [-0.3, -0.25) is 4.79 Å². The van der Waals surface area contributed by atoms with Gasteiger partial charge >= 0.3 is 0 Å². The first-order chi connectivity index (χ1) is 8.27. The van der Waals surface area contributed by atoms with Gasteiger partial charge in [0.05, 0.1) is 11.9 Å². The molecule has 0 aliphatic heterocycles. The van der Waals surface area contributed by atoms with Crippen LogP contribution in [0.4, 0.5) is 0 Å². The Hall–Kier alpha value is -2.10. The number of aromatic amines is 1. The molecule has 2 rings (SSSR count). The van der Waals surface area contributed by atoms with Crippen molar-refractivity contribution in [2.45, 2.75) is 19.3 Å². The summed E-state index contributed by atoms with van der Waals surface area (Å²) < 4.78 is 0. The first kappa shape index (κ1) is 11.4. The van der Waals surface area contributed by atoms with E-state index in [1.54, 1.807) is 0 Å². The third-order valence-corrected chi connectivity index (χ3v) is 2.66. The number of aryl methyl sites for hydroxylation is 1. The molecular formula is C13H14N2O2. The van der Waals surface area contributed by atoms with Crippen LogP contribution in [0.25, 0.3) is 0 Å². The van der Waals surface area contributed by atoms with Crippen molar-refractivity contribution in [3.05, 3.63) is 58.1 Å². The van der Waals surface area contributed by atoms with Crippen molar-refractivity contribution >= 4 is 0 Å². The summed E-state index contributed by atoms with van der Waals surface area (Å²) in [6.07, 6.45) is 3.43. The fourth-order valence-corrected chi connectivity index (χ4v) is 1.76. The topological polar surface area (TPSA) is 66.0 Å². The Bertz CT molecular complexity index is 535. The molecule has 4 nitrogen and oxygen atoms in total. The number of H-pyrrole nitrogens is 1. The molecule has 4 heteroatoms. The van der Waals surface area contributed by atoms with Gasteiger partial charge in [0.25, 0.3) is 5.56 Å². The van der Waals surface area contributed by atoms with E-state index in [-0.39, 0.29) is 11.4 Å². The molecule has 0 spiro atoms. The summed E-state index contributed by atoms with van der Waals surface area (Å²) in [5, 5.41) is 9.46. The SMILES string of the molecule is O=c1[nH]cnc(O)c1CCCc1ccccc1. The van der Waals surface area contributed by atoms with Crippen molar-refractivity contribution in [3.63, 3.8) is 0 Å². The van der Waals surface area contributed by atoms with Crippen LogP contribution in [-0.2, 0) is 12.8 Å². The molecule has 88 valence electrons. The van der Waals surface area contributed by atoms with E-state index in [0.29, 0.717) is 12.0 Å². The Labute approximate surface area is 99.0 Å². The van der Waals surface area contributed by atoms with Crippen LogP contribution in [0.1, 0.15) is 17.5 Å². The smallest absolute Gasteiger partial charge is 0.257 e. The summed E-state index contributed by atoms with van der Waals surface area (Å²) in [5.41, 5.74) is 1.33. The Kier molecular flexibility index (Phi) is 3.55. The molecule has 0 amide bonds. The van der Waals surface area contributed by atoms with Crippen molar-refractivity contribution in [2.75, 3.05) is 0 Å². The predicted octanol–water partition coefficient (Wildman–Crippen LogP) is 1.65. The number of nitrogens with one attached hydrogen (secondary N) is 1. The molecular weight excluding hydrogens is 216 g/mol. The second-order valence-electron chi connectivity index (χ2n) is 3.87. The lowest BCUT2D eigenvalue weighted by atomic mass is 10.1. The minimum atomic E-state index is -0.259. The molecule has 0 aliphatic carbocycles. The van der Waals surface area contributed by atoms with Gasteiger partial charge < -0.3 is 10.1 Å². The zero-order chi connectivity index (χ0) is 12.1.